The SMILES string of the molecule is CN1C(=O)Cc2cc(Cl)ccc2S1(=O)=O. The molecule has 1 amide bonds. The summed E-state index contributed by atoms with van der Waals surface area (Å²) in [5.41, 5.74) is 0.464. The molecular formula is C9H8ClNO3S. The zero-order chi connectivity index (χ0) is 11.2. The molecule has 2 rings (SSSR count). The third-order valence-corrected chi connectivity index (χ3v) is 4.47. The van der Waals surface area contributed by atoms with Gasteiger partial charge in [0.15, 0.2) is 0 Å². The summed E-state index contributed by atoms with van der Waals surface area (Å²) >= 11 is 5.73. The van der Waals surface area contributed by atoms with Gasteiger partial charge in [-0.25, -0.2) is 12.7 Å². The third-order valence-electron chi connectivity index (χ3n) is 2.35. The maximum atomic E-state index is 11.8. The number of amides is 1. The fraction of sp³-hybridized carbons (Fsp3) is 0.222. The summed E-state index contributed by atoms with van der Waals surface area (Å²) < 4.78 is 24.3. The van der Waals surface area contributed by atoms with Crippen LogP contribution in [0.2, 0.25) is 5.02 Å². The van der Waals surface area contributed by atoms with Crippen molar-refractivity contribution in [1.29, 1.82) is 0 Å². The molecule has 1 aromatic rings. The van der Waals surface area contributed by atoms with Gasteiger partial charge < -0.3 is 0 Å². The lowest BCUT2D eigenvalue weighted by atomic mass is 10.1. The lowest BCUT2D eigenvalue weighted by molar-refractivity contribution is -0.125. The van der Waals surface area contributed by atoms with E-state index >= 15 is 0 Å². The largest absolute Gasteiger partial charge is 0.273 e. The van der Waals surface area contributed by atoms with Gasteiger partial charge in [0.25, 0.3) is 10.0 Å². The third kappa shape index (κ3) is 1.52. The van der Waals surface area contributed by atoms with Crippen molar-refractivity contribution in [3.05, 3.63) is 28.8 Å². The van der Waals surface area contributed by atoms with Crippen molar-refractivity contribution in [3.8, 4) is 0 Å². The van der Waals surface area contributed by atoms with Gasteiger partial charge in [0, 0.05) is 12.1 Å². The van der Waals surface area contributed by atoms with Gasteiger partial charge in [-0.2, -0.15) is 0 Å². The molecule has 0 radical (unpaired) electrons. The maximum Gasteiger partial charge on any atom is 0.266 e. The van der Waals surface area contributed by atoms with E-state index in [4.69, 9.17) is 11.6 Å². The van der Waals surface area contributed by atoms with Crippen LogP contribution in [0.5, 0.6) is 0 Å². The fourth-order valence-corrected chi connectivity index (χ4v) is 3.02. The summed E-state index contributed by atoms with van der Waals surface area (Å²) in [7, 11) is -2.40. The topological polar surface area (TPSA) is 54.5 Å². The highest BCUT2D eigenvalue weighted by Gasteiger charge is 2.33. The molecule has 80 valence electrons. The molecular weight excluding hydrogens is 238 g/mol. The quantitative estimate of drug-likeness (QED) is 0.686. The standard InChI is InChI=1S/C9H8ClNO3S/c1-11-9(12)5-6-4-7(10)2-3-8(6)15(11,13)14/h2-4H,5H2,1H3. The predicted octanol–water partition coefficient (Wildman–Crippen LogP) is 1.04. The van der Waals surface area contributed by atoms with Gasteiger partial charge in [-0.1, -0.05) is 11.6 Å². The Morgan fingerprint density at radius 2 is 2.07 bits per heavy atom. The van der Waals surface area contributed by atoms with Gasteiger partial charge in [0.1, 0.15) is 0 Å². The second kappa shape index (κ2) is 3.21. The van der Waals surface area contributed by atoms with Gasteiger partial charge >= 0.3 is 0 Å². The number of carbonyl (C=O) groups is 1. The molecule has 1 aliphatic heterocycles. The smallest absolute Gasteiger partial charge is 0.266 e. The number of halogens is 1. The van der Waals surface area contributed by atoms with Gasteiger partial charge in [0.2, 0.25) is 5.91 Å². The summed E-state index contributed by atoms with van der Waals surface area (Å²) in [5, 5.41) is 0.432. The van der Waals surface area contributed by atoms with Crippen LogP contribution in [0.3, 0.4) is 0 Å². The van der Waals surface area contributed by atoms with Gasteiger partial charge in [0.05, 0.1) is 11.3 Å². The van der Waals surface area contributed by atoms with Crippen molar-refractivity contribution in [2.45, 2.75) is 11.3 Å². The van der Waals surface area contributed by atoms with Gasteiger partial charge in [-0.05, 0) is 23.8 Å². The Kier molecular flexibility index (Phi) is 2.24. The van der Waals surface area contributed by atoms with Crippen LogP contribution in [0.25, 0.3) is 0 Å². The monoisotopic (exact) mass is 245 g/mol. The second-order valence-corrected chi connectivity index (χ2v) is 5.67. The summed E-state index contributed by atoms with van der Waals surface area (Å²) in [4.78, 5) is 11.5. The first kappa shape index (κ1) is 10.4. The highest BCUT2D eigenvalue weighted by atomic mass is 35.5. The van der Waals surface area contributed by atoms with E-state index in [1.54, 1.807) is 0 Å². The summed E-state index contributed by atoms with van der Waals surface area (Å²) in [6, 6.07) is 4.44. The number of benzene rings is 1. The first-order chi connectivity index (χ1) is 6.93. The molecule has 15 heavy (non-hydrogen) atoms. The molecule has 1 aliphatic rings. The minimum absolute atomic E-state index is 0.0750. The minimum Gasteiger partial charge on any atom is -0.273 e. The van der Waals surface area contributed by atoms with Gasteiger partial charge in [-0.3, -0.25) is 4.79 Å². The average Bonchev–Trinajstić information content (AvgIpc) is 2.14. The van der Waals surface area contributed by atoms with Crippen LogP contribution >= 0.6 is 11.6 Å². The van der Waals surface area contributed by atoms with E-state index in [2.05, 4.69) is 0 Å². The highest BCUT2D eigenvalue weighted by molar-refractivity contribution is 7.89. The van der Waals surface area contributed by atoms with Crippen molar-refractivity contribution in [1.82, 2.24) is 4.31 Å². The number of fused-ring (bicyclic) bond motifs is 1. The maximum absolute atomic E-state index is 11.8. The van der Waals surface area contributed by atoms with Crippen LogP contribution in [-0.4, -0.2) is 25.7 Å². The summed E-state index contributed by atoms with van der Waals surface area (Å²) in [5.74, 6) is -0.440. The lowest BCUT2D eigenvalue weighted by Gasteiger charge is -2.24. The molecule has 0 aliphatic carbocycles. The predicted molar refractivity (Wildman–Crippen MR) is 55.1 cm³/mol. The first-order valence-electron chi connectivity index (χ1n) is 4.23. The Balaban J connectivity index is 2.72. The molecule has 1 heterocycles. The van der Waals surface area contributed by atoms with E-state index in [1.807, 2.05) is 0 Å². The van der Waals surface area contributed by atoms with E-state index in [1.165, 1.54) is 25.2 Å². The van der Waals surface area contributed by atoms with Crippen LogP contribution in [0.4, 0.5) is 0 Å². The van der Waals surface area contributed by atoms with Crippen LogP contribution in [-0.2, 0) is 21.2 Å². The van der Waals surface area contributed by atoms with Crippen LogP contribution in [0.1, 0.15) is 5.56 Å². The number of rotatable bonds is 0. The Morgan fingerprint density at radius 1 is 1.40 bits per heavy atom. The van der Waals surface area contributed by atoms with Crippen molar-refractivity contribution in [3.63, 3.8) is 0 Å². The molecule has 0 aromatic heterocycles. The van der Waals surface area contributed by atoms with Crippen LogP contribution < -0.4 is 0 Å². The number of hydrogen-bond donors (Lipinski definition) is 0. The molecule has 0 fully saturated rings. The summed E-state index contributed by atoms with van der Waals surface area (Å²) in [6.07, 6.45) is 0.0750. The molecule has 6 heteroatoms. The Morgan fingerprint density at radius 3 is 2.73 bits per heavy atom. The molecule has 0 saturated carbocycles. The van der Waals surface area contributed by atoms with Crippen molar-refractivity contribution >= 4 is 27.5 Å². The molecule has 0 N–H and O–H groups in total. The zero-order valence-electron chi connectivity index (χ0n) is 7.90. The van der Waals surface area contributed by atoms with Crippen molar-refractivity contribution in [2.75, 3.05) is 7.05 Å². The number of carbonyl (C=O) groups excluding carboxylic acids is 1. The normalized spacial score (nSPS) is 18.8. The molecule has 4 nitrogen and oxygen atoms in total. The van der Waals surface area contributed by atoms with E-state index in [9.17, 15) is 13.2 Å². The highest BCUT2D eigenvalue weighted by Crippen LogP contribution is 2.27. The Hall–Kier alpha value is -1.07. The summed E-state index contributed by atoms with van der Waals surface area (Å²) in [6.45, 7) is 0. The molecule has 0 bridgehead atoms. The van der Waals surface area contributed by atoms with E-state index in [-0.39, 0.29) is 11.3 Å². The number of likely N-dealkylation sites (N-methyl/N-ethyl adjacent to an activating group) is 1. The van der Waals surface area contributed by atoms with Crippen LogP contribution in [0, 0.1) is 0 Å². The zero-order valence-corrected chi connectivity index (χ0v) is 9.47. The molecule has 0 spiro atoms. The van der Waals surface area contributed by atoms with Crippen LogP contribution in [0.15, 0.2) is 23.1 Å². The molecule has 0 atom stereocenters. The number of sulfonamides is 1. The number of hydrogen-bond acceptors (Lipinski definition) is 3. The molecule has 1 aromatic carbocycles. The average molecular weight is 246 g/mol. The van der Waals surface area contributed by atoms with Crippen molar-refractivity contribution in [2.24, 2.45) is 0 Å². The molecule has 0 unspecified atom stereocenters. The Labute approximate surface area is 92.5 Å². The minimum atomic E-state index is -3.66. The Bertz CT molecular complexity index is 538. The van der Waals surface area contributed by atoms with E-state index in [0.717, 1.165) is 4.31 Å². The van der Waals surface area contributed by atoms with E-state index in [0.29, 0.717) is 10.6 Å². The first-order valence-corrected chi connectivity index (χ1v) is 6.05. The van der Waals surface area contributed by atoms with Gasteiger partial charge in [-0.15, -0.1) is 0 Å². The fourth-order valence-electron chi connectivity index (χ4n) is 1.49. The number of nitrogens with zero attached hydrogens (tertiary/aromatic N) is 1. The lowest BCUT2D eigenvalue weighted by Crippen LogP contribution is -2.38. The molecule has 0 saturated heterocycles. The van der Waals surface area contributed by atoms with Crippen molar-refractivity contribution < 1.29 is 13.2 Å². The van der Waals surface area contributed by atoms with E-state index < -0.39 is 15.9 Å². The second-order valence-electron chi connectivity index (χ2n) is 3.30.